The van der Waals surface area contributed by atoms with Gasteiger partial charge in [-0.15, -0.1) is 0 Å². The number of hydrogen-bond acceptors (Lipinski definition) is 8. The molecule has 100 valence electrons. The zero-order valence-corrected chi connectivity index (χ0v) is 9.18. The molecule has 8 heteroatoms. The Balaban J connectivity index is 4.18. The Labute approximate surface area is 97.1 Å². The lowest BCUT2D eigenvalue weighted by Crippen LogP contribution is -2.45. The van der Waals surface area contributed by atoms with E-state index in [4.69, 9.17) is 15.3 Å². The molecule has 0 aliphatic carbocycles. The van der Waals surface area contributed by atoms with Gasteiger partial charge in [0.05, 0.1) is 0 Å². The van der Waals surface area contributed by atoms with Crippen LogP contribution in [0.5, 0.6) is 0 Å². The van der Waals surface area contributed by atoms with Gasteiger partial charge >= 0.3 is 5.97 Å². The second-order valence-corrected chi connectivity index (χ2v) is 3.43. The van der Waals surface area contributed by atoms with E-state index in [9.17, 15) is 19.8 Å². The second kappa shape index (κ2) is 7.30. The van der Waals surface area contributed by atoms with Crippen LogP contribution in [0, 0.1) is 0 Å². The van der Waals surface area contributed by atoms with Crippen molar-refractivity contribution in [1.29, 1.82) is 0 Å². The highest BCUT2D eigenvalue weighted by molar-refractivity contribution is 5.84. The molecule has 0 amide bonds. The number of esters is 1. The molecule has 0 aliphatic rings. The molecule has 0 aromatic rings. The van der Waals surface area contributed by atoms with Crippen LogP contribution in [0.15, 0.2) is 0 Å². The summed E-state index contributed by atoms with van der Waals surface area (Å²) in [5.74, 6) is -2.09. The summed E-state index contributed by atoms with van der Waals surface area (Å²) < 4.78 is 4.37. The maximum absolute atomic E-state index is 10.8. The summed E-state index contributed by atoms with van der Waals surface area (Å²) in [6.45, 7) is -0.533. The van der Waals surface area contributed by atoms with Gasteiger partial charge in [0, 0.05) is 0 Å². The molecule has 0 radical (unpaired) electrons. The van der Waals surface area contributed by atoms with E-state index in [2.05, 4.69) is 4.74 Å². The number of rotatable bonds is 7. The fourth-order valence-electron chi connectivity index (χ4n) is 0.881. The molecule has 0 spiro atoms. The van der Waals surface area contributed by atoms with Crippen molar-refractivity contribution < 1.29 is 39.9 Å². The topological polar surface area (TPSA) is 145 Å². The fraction of sp³-hybridized carbons (Fsp3) is 0.778. The molecule has 0 rings (SSSR count). The molecular formula is C9H16O8. The minimum absolute atomic E-state index is 0.694. The zero-order valence-electron chi connectivity index (χ0n) is 9.18. The first-order valence-electron chi connectivity index (χ1n) is 4.83. The number of Topliss-reactive ketones (excluding diaryl/α,β-unsaturated/α-hetero) is 1. The molecule has 0 aromatic heterocycles. The Morgan fingerprint density at radius 3 is 2.12 bits per heavy atom. The largest absolute Gasteiger partial charge is 0.461 e. The van der Waals surface area contributed by atoms with Gasteiger partial charge in [-0.25, -0.2) is 4.79 Å². The molecule has 8 nitrogen and oxygen atoms in total. The van der Waals surface area contributed by atoms with Crippen LogP contribution in [0.4, 0.5) is 0 Å². The lowest BCUT2D eigenvalue weighted by atomic mass is 10.1. The molecule has 0 aliphatic heterocycles. The van der Waals surface area contributed by atoms with Crippen LogP contribution < -0.4 is 0 Å². The van der Waals surface area contributed by atoms with Gasteiger partial charge in [-0.1, -0.05) is 0 Å². The minimum atomic E-state index is -1.97. The van der Waals surface area contributed by atoms with Crippen LogP contribution in [0.25, 0.3) is 0 Å². The number of carbonyl (C=O) groups is 2. The number of aliphatic hydroxyl groups excluding tert-OH is 5. The van der Waals surface area contributed by atoms with E-state index in [-0.39, 0.29) is 0 Å². The smallest absolute Gasteiger partial charge is 0.334 e. The fourth-order valence-corrected chi connectivity index (χ4v) is 0.881. The third-order valence-electron chi connectivity index (χ3n) is 1.94. The molecule has 1 unspecified atom stereocenters. The van der Waals surface area contributed by atoms with Crippen LogP contribution >= 0.6 is 0 Å². The first-order valence-corrected chi connectivity index (χ1v) is 4.83. The van der Waals surface area contributed by atoms with Gasteiger partial charge in [-0.3, -0.25) is 4.79 Å². The summed E-state index contributed by atoms with van der Waals surface area (Å²) in [6.07, 6.45) is -6.96. The Morgan fingerprint density at radius 1 is 1.18 bits per heavy atom. The van der Waals surface area contributed by atoms with Gasteiger partial charge in [0.25, 0.3) is 0 Å². The van der Waals surface area contributed by atoms with Gasteiger partial charge in [0.1, 0.15) is 37.6 Å². The second-order valence-electron chi connectivity index (χ2n) is 3.43. The number of ketones is 1. The van der Waals surface area contributed by atoms with Gasteiger partial charge in [0.15, 0.2) is 5.78 Å². The van der Waals surface area contributed by atoms with E-state index in [0.717, 1.165) is 6.92 Å². The molecule has 4 atom stereocenters. The quantitative estimate of drug-likeness (QED) is 0.294. The van der Waals surface area contributed by atoms with Crippen molar-refractivity contribution in [3.63, 3.8) is 0 Å². The first kappa shape index (κ1) is 15.9. The summed E-state index contributed by atoms with van der Waals surface area (Å²) in [5, 5.41) is 44.8. The molecule has 0 fully saturated rings. The van der Waals surface area contributed by atoms with Crippen LogP contribution in [-0.4, -0.2) is 74.9 Å². The normalized spacial score (nSPS) is 18.0. The molecule has 17 heavy (non-hydrogen) atoms. The highest BCUT2D eigenvalue weighted by atomic mass is 16.6. The van der Waals surface area contributed by atoms with Gasteiger partial charge < -0.3 is 30.3 Å². The van der Waals surface area contributed by atoms with E-state index in [1.54, 1.807) is 0 Å². The average molecular weight is 252 g/mol. The zero-order chi connectivity index (χ0) is 13.6. The summed E-state index contributed by atoms with van der Waals surface area (Å²) in [7, 11) is 0. The number of hydrogen-bond donors (Lipinski definition) is 5. The van der Waals surface area contributed by atoms with Crippen LogP contribution in [-0.2, 0) is 14.3 Å². The molecule has 0 heterocycles. The average Bonchev–Trinajstić information content (AvgIpc) is 2.32. The van der Waals surface area contributed by atoms with Crippen molar-refractivity contribution in [2.45, 2.75) is 31.3 Å². The predicted molar refractivity (Wildman–Crippen MR) is 52.8 cm³/mol. The van der Waals surface area contributed by atoms with Crippen molar-refractivity contribution in [2.24, 2.45) is 0 Å². The SMILES string of the molecule is CC(O)C(=O)OC[C@@H](O)[C@@H](O)[C@H](O)C(=O)CO. The lowest BCUT2D eigenvalue weighted by Gasteiger charge is -2.21. The van der Waals surface area contributed by atoms with Gasteiger partial charge in [-0.2, -0.15) is 0 Å². The van der Waals surface area contributed by atoms with E-state index < -0.39 is 49.4 Å². The first-order chi connectivity index (χ1) is 7.81. The molecule has 0 saturated carbocycles. The van der Waals surface area contributed by atoms with Crippen LogP contribution in [0.1, 0.15) is 6.92 Å². The lowest BCUT2D eigenvalue weighted by molar-refractivity contribution is -0.161. The van der Waals surface area contributed by atoms with Crippen molar-refractivity contribution in [3.8, 4) is 0 Å². The number of aliphatic hydroxyl groups is 5. The van der Waals surface area contributed by atoms with Crippen molar-refractivity contribution in [1.82, 2.24) is 0 Å². The molecule has 5 N–H and O–H groups in total. The summed E-state index contributed by atoms with van der Waals surface area (Å²) in [4.78, 5) is 21.6. The highest BCUT2D eigenvalue weighted by Crippen LogP contribution is 2.03. The maximum Gasteiger partial charge on any atom is 0.334 e. The summed E-state index contributed by atoms with van der Waals surface area (Å²) >= 11 is 0. The van der Waals surface area contributed by atoms with E-state index in [1.807, 2.05) is 0 Å². The van der Waals surface area contributed by atoms with E-state index in [1.165, 1.54) is 0 Å². The maximum atomic E-state index is 10.8. The third kappa shape index (κ3) is 5.20. The highest BCUT2D eigenvalue weighted by Gasteiger charge is 2.30. The van der Waals surface area contributed by atoms with E-state index in [0.29, 0.717) is 0 Å². The standard InChI is InChI=1S/C9H16O8/c1-4(11)9(16)17-3-6(13)8(15)7(14)5(12)2-10/h4,6-8,10-11,13-15H,2-3H2,1H3/t4?,6-,7-,8-/m1/s1. The van der Waals surface area contributed by atoms with Gasteiger partial charge in [-0.05, 0) is 6.92 Å². The summed E-state index contributed by atoms with van der Waals surface area (Å²) in [6, 6.07) is 0. The van der Waals surface area contributed by atoms with Crippen LogP contribution in [0.3, 0.4) is 0 Å². The predicted octanol–water partition coefficient (Wildman–Crippen LogP) is -3.45. The molecular weight excluding hydrogens is 236 g/mol. The Morgan fingerprint density at radius 2 is 1.71 bits per heavy atom. The molecule has 0 bridgehead atoms. The Kier molecular flexibility index (Phi) is 6.85. The van der Waals surface area contributed by atoms with Crippen molar-refractivity contribution in [2.75, 3.05) is 13.2 Å². The van der Waals surface area contributed by atoms with Crippen LogP contribution in [0.2, 0.25) is 0 Å². The number of ether oxygens (including phenoxy) is 1. The number of carbonyl (C=O) groups excluding carboxylic acids is 2. The molecule has 0 aromatic carbocycles. The van der Waals surface area contributed by atoms with E-state index >= 15 is 0 Å². The van der Waals surface area contributed by atoms with Crippen molar-refractivity contribution >= 4 is 11.8 Å². The monoisotopic (exact) mass is 252 g/mol. The summed E-state index contributed by atoms with van der Waals surface area (Å²) in [5.41, 5.74) is 0. The Hall–Kier alpha value is -1.06. The molecule has 0 saturated heterocycles. The Bertz CT molecular complexity index is 264. The minimum Gasteiger partial charge on any atom is -0.461 e. The third-order valence-corrected chi connectivity index (χ3v) is 1.94. The van der Waals surface area contributed by atoms with Crippen molar-refractivity contribution in [3.05, 3.63) is 0 Å². The van der Waals surface area contributed by atoms with Gasteiger partial charge in [0.2, 0.25) is 0 Å².